The van der Waals surface area contributed by atoms with Crippen LogP contribution in [0.1, 0.15) is 5.69 Å². The van der Waals surface area contributed by atoms with Gasteiger partial charge in [-0.1, -0.05) is 0 Å². The molecule has 0 atom stereocenters. The number of thiazole rings is 1. The van der Waals surface area contributed by atoms with Crippen LogP contribution in [0.5, 0.6) is 5.75 Å². The van der Waals surface area contributed by atoms with E-state index in [0.717, 1.165) is 27.8 Å². The Hall–Kier alpha value is -2.08. The number of fused-ring (bicyclic) bond motifs is 1. The topological polar surface area (TPSA) is 65.4 Å². The monoisotopic (exact) mass is 260 g/mol. The highest BCUT2D eigenvalue weighted by Gasteiger charge is 2.15. The molecule has 0 aliphatic heterocycles. The van der Waals surface area contributed by atoms with Gasteiger partial charge in [-0.25, -0.2) is 0 Å². The Labute approximate surface area is 108 Å². The second-order valence-corrected chi connectivity index (χ2v) is 4.81. The van der Waals surface area contributed by atoms with Gasteiger partial charge >= 0.3 is 0 Å². The van der Waals surface area contributed by atoms with Gasteiger partial charge in [0.05, 0.1) is 12.7 Å². The van der Waals surface area contributed by atoms with Crippen LogP contribution >= 0.6 is 11.3 Å². The highest BCUT2D eigenvalue weighted by molar-refractivity contribution is 7.15. The van der Waals surface area contributed by atoms with Crippen LogP contribution in [0.3, 0.4) is 0 Å². The van der Waals surface area contributed by atoms with Crippen molar-refractivity contribution in [2.75, 3.05) is 12.8 Å². The first-order valence-corrected chi connectivity index (χ1v) is 6.32. The Kier molecular flexibility index (Phi) is 2.45. The lowest BCUT2D eigenvalue weighted by atomic mass is 10.1. The van der Waals surface area contributed by atoms with Crippen LogP contribution in [0.25, 0.3) is 16.3 Å². The summed E-state index contributed by atoms with van der Waals surface area (Å²) in [5.74, 6) is 1.50. The van der Waals surface area contributed by atoms with Gasteiger partial charge in [-0.3, -0.25) is 4.40 Å². The lowest BCUT2D eigenvalue weighted by molar-refractivity contribution is 0.416. The number of ether oxygens (including phenoxy) is 1. The first-order chi connectivity index (χ1) is 8.70. The largest absolute Gasteiger partial charge is 0.496 e. The minimum atomic E-state index is 0.676. The Balaban J connectivity index is 2.31. The van der Waals surface area contributed by atoms with Crippen molar-refractivity contribution in [3.63, 3.8) is 0 Å². The van der Waals surface area contributed by atoms with Crippen molar-refractivity contribution in [2.45, 2.75) is 6.92 Å². The van der Waals surface area contributed by atoms with E-state index in [1.54, 1.807) is 24.5 Å². The van der Waals surface area contributed by atoms with E-state index in [9.17, 15) is 0 Å². The molecule has 0 unspecified atom stereocenters. The third-order valence-electron chi connectivity index (χ3n) is 2.79. The van der Waals surface area contributed by atoms with Crippen molar-refractivity contribution in [2.24, 2.45) is 0 Å². The number of hydrogen-bond acceptors (Lipinski definition) is 5. The van der Waals surface area contributed by atoms with Gasteiger partial charge in [0.1, 0.15) is 5.75 Å². The molecular formula is C12H12N4OS. The van der Waals surface area contributed by atoms with Crippen LogP contribution in [0.15, 0.2) is 23.6 Å². The second-order valence-electron chi connectivity index (χ2n) is 3.98. The molecule has 1 aromatic carbocycles. The summed E-state index contributed by atoms with van der Waals surface area (Å²) in [6.07, 6.45) is 0. The number of hydrogen-bond donors (Lipinski definition) is 1. The third kappa shape index (κ3) is 1.53. The van der Waals surface area contributed by atoms with E-state index in [0.29, 0.717) is 5.69 Å². The van der Waals surface area contributed by atoms with Crippen molar-refractivity contribution in [1.29, 1.82) is 0 Å². The summed E-state index contributed by atoms with van der Waals surface area (Å²) in [7, 11) is 1.63. The smallest absolute Gasteiger partial charge is 0.216 e. The number of nitrogens with zero attached hydrogens (tertiary/aromatic N) is 3. The van der Waals surface area contributed by atoms with E-state index >= 15 is 0 Å². The summed E-state index contributed by atoms with van der Waals surface area (Å²) >= 11 is 1.56. The molecule has 18 heavy (non-hydrogen) atoms. The Morgan fingerprint density at radius 3 is 2.94 bits per heavy atom. The van der Waals surface area contributed by atoms with Gasteiger partial charge in [-0.15, -0.1) is 21.5 Å². The minimum absolute atomic E-state index is 0.676. The van der Waals surface area contributed by atoms with Gasteiger partial charge in [-0.05, 0) is 25.1 Å². The predicted octanol–water partition coefficient (Wildman–Crippen LogP) is 2.36. The standard InChI is InChI=1S/C12H12N4OS/c1-7-6-18-12-15-14-11(16(7)12)9-5-8(13)3-4-10(9)17-2/h3-6H,13H2,1-2H3. The van der Waals surface area contributed by atoms with Crippen molar-refractivity contribution in [3.8, 4) is 17.1 Å². The fourth-order valence-electron chi connectivity index (χ4n) is 1.93. The van der Waals surface area contributed by atoms with Crippen molar-refractivity contribution in [3.05, 3.63) is 29.3 Å². The maximum atomic E-state index is 5.84. The van der Waals surface area contributed by atoms with E-state index in [-0.39, 0.29) is 0 Å². The molecule has 2 heterocycles. The summed E-state index contributed by atoms with van der Waals surface area (Å²) in [6, 6.07) is 5.50. The normalized spacial score (nSPS) is 11.0. The maximum absolute atomic E-state index is 5.84. The fourth-order valence-corrected chi connectivity index (χ4v) is 2.73. The number of benzene rings is 1. The number of nitrogen functional groups attached to an aromatic ring is 1. The van der Waals surface area contributed by atoms with Gasteiger partial charge in [0.25, 0.3) is 0 Å². The molecule has 3 aromatic rings. The van der Waals surface area contributed by atoms with Crippen LogP contribution in [0, 0.1) is 6.92 Å². The molecule has 5 nitrogen and oxygen atoms in total. The molecular weight excluding hydrogens is 248 g/mol. The molecule has 0 amide bonds. The molecule has 0 fully saturated rings. The van der Waals surface area contributed by atoms with Crippen molar-refractivity contribution in [1.82, 2.24) is 14.6 Å². The second kappa shape index (κ2) is 3.99. The third-order valence-corrected chi connectivity index (χ3v) is 3.72. The molecule has 0 bridgehead atoms. The van der Waals surface area contributed by atoms with E-state index in [1.807, 2.05) is 28.8 Å². The van der Waals surface area contributed by atoms with Crippen LogP contribution in [-0.4, -0.2) is 21.7 Å². The highest BCUT2D eigenvalue weighted by atomic mass is 32.1. The van der Waals surface area contributed by atoms with Gasteiger partial charge < -0.3 is 10.5 Å². The molecule has 0 aliphatic carbocycles. The number of anilines is 1. The number of aryl methyl sites for hydroxylation is 1. The SMILES string of the molecule is COc1ccc(N)cc1-c1nnc2scc(C)n12. The van der Waals surface area contributed by atoms with Gasteiger partial charge in [0.15, 0.2) is 5.82 Å². The quantitative estimate of drug-likeness (QED) is 0.718. The first kappa shape index (κ1) is 11.0. The summed E-state index contributed by atoms with van der Waals surface area (Å²) in [5.41, 5.74) is 8.46. The molecule has 6 heteroatoms. The molecule has 92 valence electrons. The lowest BCUT2D eigenvalue weighted by Gasteiger charge is -2.07. The molecule has 3 rings (SSSR count). The van der Waals surface area contributed by atoms with E-state index in [4.69, 9.17) is 10.5 Å². The maximum Gasteiger partial charge on any atom is 0.216 e. The predicted molar refractivity (Wildman–Crippen MR) is 72.0 cm³/mol. The average Bonchev–Trinajstić information content (AvgIpc) is 2.93. The van der Waals surface area contributed by atoms with Gasteiger partial charge in [0.2, 0.25) is 4.96 Å². The van der Waals surface area contributed by atoms with Crippen molar-refractivity contribution < 1.29 is 4.74 Å². The number of methoxy groups -OCH3 is 1. The molecule has 2 aromatic heterocycles. The van der Waals surface area contributed by atoms with Crippen LogP contribution < -0.4 is 10.5 Å². The zero-order chi connectivity index (χ0) is 12.7. The number of nitrogens with two attached hydrogens (primary N) is 1. The summed E-state index contributed by atoms with van der Waals surface area (Å²) in [6.45, 7) is 2.02. The van der Waals surface area contributed by atoms with E-state index < -0.39 is 0 Å². The minimum Gasteiger partial charge on any atom is -0.496 e. The zero-order valence-electron chi connectivity index (χ0n) is 10.0. The Bertz CT molecular complexity index is 716. The molecule has 0 spiro atoms. The molecule has 0 radical (unpaired) electrons. The summed E-state index contributed by atoms with van der Waals surface area (Å²) in [4.78, 5) is 0.868. The van der Waals surface area contributed by atoms with Crippen LogP contribution in [0.4, 0.5) is 5.69 Å². The number of aromatic nitrogens is 3. The fraction of sp³-hybridized carbons (Fsp3) is 0.167. The Morgan fingerprint density at radius 1 is 1.33 bits per heavy atom. The lowest BCUT2D eigenvalue weighted by Crippen LogP contribution is -1.95. The van der Waals surface area contributed by atoms with Crippen LogP contribution in [0.2, 0.25) is 0 Å². The number of rotatable bonds is 2. The molecule has 0 aliphatic rings. The summed E-state index contributed by atoms with van der Waals surface area (Å²) in [5, 5.41) is 10.4. The van der Waals surface area contributed by atoms with E-state index in [1.165, 1.54) is 0 Å². The van der Waals surface area contributed by atoms with E-state index in [2.05, 4.69) is 10.2 Å². The molecule has 0 saturated carbocycles. The van der Waals surface area contributed by atoms with Crippen molar-refractivity contribution >= 4 is 22.0 Å². The average molecular weight is 260 g/mol. The van der Waals surface area contributed by atoms with Crippen LogP contribution in [-0.2, 0) is 0 Å². The van der Waals surface area contributed by atoms with Gasteiger partial charge in [-0.2, -0.15) is 0 Å². The zero-order valence-corrected chi connectivity index (χ0v) is 10.9. The highest BCUT2D eigenvalue weighted by Crippen LogP contribution is 2.32. The molecule has 0 saturated heterocycles. The first-order valence-electron chi connectivity index (χ1n) is 5.44. The molecule has 2 N–H and O–H groups in total. The summed E-state index contributed by atoms with van der Waals surface area (Å²) < 4.78 is 7.36. The van der Waals surface area contributed by atoms with Gasteiger partial charge in [0, 0.05) is 16.8 Å². The Morgan fingerprint density at radius 2 is 2.17 bits per heavy atom.